The average molecular weight is 289 g/mol. The second kappa shape index (κ2) is 5.32. The summed E-state index contributed by atoms with van der Waals surface area (Å²) in [6, 6.07) is 1.18. The number of halogens is 2. The second-order valence-electron chi connectivity index (χ2n) is 4.42. The highest BCUT2D eigenvalue weighted by Crippen LogP contribution is 2.27. The maximum Gasteiger partial charge on any atom is 0.176 e. The largest absolute Gasteiger partial charge is 0.382 e. The first-order valence-corrected chi connectivity index (χ1v) is 6.01. The Morgan fingerprint density at radius 3 is 2.71 bits per heavy atom. The van der Waals surface area contributed by atoms with Gasteiger partial charge in [-0.3, -0.25) is 9.20 Å². The third-order valence-electron chi connectivity index (χ3n) is 3.18. The molecule has 0 aliphatic heterocycles. The molecule has 0 amide bonds. The van der Waals surface area contributed by atoms with Gasteiger partial charge in [0.25, 0.3) is 0 Å². The monoisotopic (exact) mass is 289 g/mol. The number of rotatable bonds is 4. The van der Waals surface area contributed by atoms with E-state index in [2.05, 4.69) is 18.1 Å². The minimum Gasteiger partial charge on any atom is -0.382 e. The van der Waals surface area contributed by atoms with Gasteiger partial charge in [-0.25, -0.2) is 13.8 Å². The molecule has 21 heavy (non-hydrogen) atoms. The Balaban J connectivity index is 2.83. The lowest BCUT2D eigenvalue weighted by Gasteiger charge is -2.08. The highest BCUT2D eigenvalue weighted by atomic mass is 19.1. The van der Waals surface area contributed by atoms with Gasteiger partial charge in [0.05, 0.1) is 0 Å². The van der Waals surface area contributed by atoms with Gasteiger partial charge in [-0.1, -0.05) is 19.2 Å². The number of fused-ring (bicyclic) bond motifs is 1. The van der Waals surface area contributed by atoms with Gasteiger partial charge in [0.2, 0.25) is 0 Å². The third-order valence-corrected chi connectivity index (χ3v) is 3.18. The van der Waals surface area contributed by atoms with Gasteiger partial charge in [0.15, 0.2) is 23.6 Å². The van der Waals surface area contributed by atoms with Crippen molar-refractivity contribution in [1.82, 2.24) is 9.38 Å². The molecule has 0 radical (unpaired) electrons. The number of carbonyl (C=O) groups excluding carboxylic acids is 1. The average Bonchev–Trinajstić information content (AvgIpc) is 2.75. The summed E-state index contributed by atoms with van der Waals surface area (Å²) in [4.78, 5) is 14.8. The number of anilines is 1. The zero-order chi connectivity index (χ0) is 15.7. The van der Waals surface area contributed by atoms with Crippen LogP contribution in [0.4, 0.5) is 14.6 Å². The normalized spacial score (nSPS) is 12.1. The Hall–Kier alpha value is -2.76. The molecule has 0 aliphatic rings. The van der Waals surface area contributed by atoms with E-state index in [0.717, 1.165) is 0 Å². The Bertz CT molecular complexity index is 803. The Morgan fingerprint density at radius 2 is 2.19 bits per heavy atom. The molecule has 0 bridgehead atoms. The molecule has 2 heterocycles. The minimum absolute atomic E-state index is 0.0332. The van der Waals surface area contributed by atoms with E-state index in [0.29, 0.717) is 17.4 Å². The van der Waals surface area contributed by atoms with E-state index >= 15 is 0 Å². The third kappa shape index (κ3) is 2.35. The zero-order valence-electron chi connectivity index (χ0n) is 11.4. The number of nitrogens with zero attached hydrogens (tertiary/aromatic N) is 2. The number of hydrogen-bond acceptors (Lipinski definition) is 3. The van der Waals surface area contributed by atoms with Gasteiger partial charge >= 0.3 is 0 Å². The van der Waals surface area contributed by atoms with Gasteiger partial charge in [0, 0.05) is 11.8 Å². The molecule has 0 saturated heterocycles. The fraction of sp³-hybridized carbons (Fsp3) is 0.0667. The van der Waals surface area contributed by atoms with Crippen molar-refractivity contribution in [3.05, 3.63) is 60.0 Å². The standard InChI is InChI=1S/C15H13F2N3O/c1-4-11(8(2)9(3)16)10-5-12(17)15-19-14(18)13(7-21)20(15)6-10/h4-7H,1,3,18H2,2H3/b11-8+. The molecule has 0 aromatic carbocycles. The van der Waals surface area contributed by atoms with Gasteiger partial charge in [0.1, 0.15) is 11.5 Å². The van der Waals surface area contributed by atoms with E-state index < -0.39 is 11.6 Å². The van der Waals surface area contributed by atoms with Crippen molar-refractivity contribution in [2.24, 2.45) is 0 Å². The van der Waals surface area contributed by atoms with Crippen LogP contribution in [0.25, 0.3) is 11.2 Å². The minimum atomic E-state index is -0.677. The van der Waals surface area contributed by atoms with E-state index in [1.54, 1.807) is 0 Å². The first-order chi connectivity index (χ1) is 9.90. The molecule has 108 valence electrons. The molecular weight excluding hydrogens is 276 g/mol. The summed E-state index contributed by atoms with van der Waals surface area (Å²) in [5.41, 5.74) is 6.46. The summed E-state index contributed by atoms with van der Waals surface area (Å²) in [5, 5.41) is 0. The molecule has 0 unspecified atom stereocenters. The SMILES string of the molecule is C=C/C(=C(/C)C(=C)F)c1cc(F)c2nc(N)c(C=O)n2c1. The number of nitrogen functional groups attached to an aromatic ring is 1. The summed E-state index contributed by atoms with van der Waals surface area (Å²) >= 11 is 0. The van der Waals surface area contributed by atoms with Crippen LogP contribution in [0.1, 0.15) is 23.0 Å². The summed E-state index contributed by atoms with van der Waals surface area (Å²) in [5.74, 6) is -1.40. The molecule has 6 heteroatoms. The van der Waals surface area contributed by atoms with Crippen LogP contribution in [-0.4, -0.2) is 15.7 Å². The van der Waals surface area contributed by atoms with Crippen LogP contribution in [0.5, 0.6) is 0 Å². The number of aromatic nitrogens is 2. The number of nitrogens with two attached hydrogens (primary N) is 1. The van der Waals surface area contributed by atoms with Crippen molar-refractivity contribution < 1.29 is 13.6 Å². The maximum absolute atomic E-state index is 14.1. The van der Waals surface area contributed by atoms with Crippen LogP contribution in [-0.2, 0) is 0 Å². The van der Waals surface area contributed by atoms with E-state index in [1.165, 1.54) is 29.7 Å². The fourth-order valence-electron chi connectivity index (χ4n) is 2.04. The van der Waals surface area contributed by atoms with Crippen molar-refractivity contribution in [3.63, 3.8) is 0 Å². The molecule has 0 spiro atoms. The first-order valence-electron chi connectivity index (χ1n) is 6.01. The van der Waals surface area contributed by atoms with Gasteiger partial charge < -0.3 is 5.73 Å². The summed E-state index contributed by atoms with van der Waals surface area (Å²) < 4.78 is 28.6. The number of hydrogen-bond donors (Lipinski definition) is 1. The Kier molecular flexibility index (Phi) is 3.71. The fourth-order valence-corrected chi connectivity index (χ4v) is 2.04. The van der Waals surface area contributed by atoms with Crippen molar-refractivity contribution in [2.75, 3.05) is 5.73 Å². The number of aldehydes is 1. The molecule has 2 aromatic heterocycles. The van der Waals surface area contributed by atoms with Gasteiger partial charge in [-0.15, -0.1) is 0 Å². The summed E-state index contributed by atoms with van der Waals surface area (Å²) in [6.45, 7) is 8.31. The molecule has 2 rings (SSSR count). The highest BCUT2D eigenvalue weighted by Gasteiger charge is 2.15. The predicted octanol–water partition coefficient (Wildman–Crippen LogP) is 3.31. The zero-order valence-corrected chi connectivity index (χ0v) is 11.4. The lowest BCUT2D eigenvalue weighted by molar-refractivity contribution is 0.111. The van der Waals surface area contributed by atoms with Crippen LogP contribution in [0, 0.1) is 5.82 Å². The molecule has 0 fully saturated rings. The molecule has 0 aliphatic carbocycles. The van der Waals surface area contributed by atoms with Crippen molar-refractivity contribution in [1.29, 1.82) is 0 Å². The Morgan fingerprint density at radius 1 is 1.52 bits per heavy atom. The van der Waals surface area contributed by atoms with Crippen molar-refractivity contribution in [2.45, 2.75) is 6.92 Å². The number of allylic oxidation sites excluding steroid dienone is 4. The van der Waals surface area contributed by atoms with E-state index in [1.807, 2.05) is 0 Å². The number of carbonyl (C=O) groups is 1. The molecular formula is C15H13F2N3O. The van der Waals surface area contributed by atoms with E-state index in [4.69, 9.17) is 5.73 Å². The molecule has 0 saturated carbocycles. The number of imidazole rings is 1. The van der Waals surface area contributed by atoms with Crippen molar-refractivity contribution in [3.8, 4) is 0 Å². The topological polar surface area (TPSA) is 60.4 Å². The second-order valence-corrected chi connectivity index (χ2v) is 4.42. The van der Waals surface area contributed by atoms with Crippen LogP contribution in [0.2, 0.25) is 0 Å². The van der Waals surface area contributed by atoms with Crippen LogP contribution >= 0.6 is 0 Å². The molecule has 0 atom stereocenters. The van der Waals surface area contributed by atoms with Gasteiger partial charge in [-0.2, -0.15) is 0 Å². The number of pyridine rings is 1. The smallest absolute Gasteiger partial charge is 0.176 e. The molecule has 4 nitrogen and oxygen atoms in total. The quantitative estimate of drug-likeness (QED) is 0.694. The maximum atomic E-state index is 14.1. The predicted molar refractivity (Wildman–Crippen MR) is 78.0 cm³/mol. The summed E-state index contributed by atoms with van der Waals surface area (Å²) in [6.07, 6.45) is 3.33. The van der Waals surface area contributed by atoms with Crippen LogP contribution in [0.3, 0.4) is 0 Å². The summed E-state index contributed by atoms with van der Waals surface area (Å²) in [7, 11) is 0. The Labute approximate surface area is 119 Å². The van der Waals surface area contributed by atoms with E-state index in [-0.39, 0.29) is 22.7 Å². The first kappa shape index (κ1) is 14.6. The molecule has 2 N–H and O–H groups in total. The van der Waals surface area contributed by atoms with Crippen LogP contribution in [0.15, 0.2) is 42.9 Å². The van der Waals surface area contributed by atoms with Crippen LogP contribution < -0.4 is 5.73 Å². The van der Waals surface area contributed by atoms with E-state index in [9.17, 15) is 13.6 Å². The lowest BCUT2D eigenvalue weighted by atomic mass is 10.0. The lowest BCUT2D eigenvalue weighted by Crippen LogP contribution is -1.99. The van der Waals surface area contributed by atoms with Gasteiger partial charge in [-0.05, 0) is 24.1 Å². The molecule has 2 aromatic rings. The van der Waals surface area contributed by atoms with Crippen molar-refractivity contribution >= 4 is 23.3 Å². The highest BCUT2D eigenvalue weighted by molar-refractivity contribution is 5.83.